The molecule has 0 spiro atoms. The van der Waals surface area contributed by atoms with Gasteiger partial charge in [0.2, 0.25) is 15.9 Å². The van der Waals surface area contributed by atoms with Gasteiger partial charge in [0.05, 0.1) is 17.1 Å². The number of nitrogens with zero attached hydrogens (tertiary/aromatic N) is 3. The van der Waals surface area contributed by atoms with Gasteiger partial charge >= 0.3 is 0 Å². The zero-order valence-corrected chi connectivity index (χ0v) is 15.5. The summed E-state index contributed by atoms with van der Waals surface area (Å²) >= 11 is 0. The lowest BCUT2D eigenvalue weighted by atomic mass is 10.1. The minimum atomic E-state index is -3.71. The summed E-state index contributed by atoms with van der Waals surface area (Å²) in [6.07, 6.45) is 0. The summed E-state index contributed by atoms with van der Waals surface area (Å²) in [6.45, 7) is 3.98. The molecule has 2 rings (SSSR count). The quantitative estimate of drug-likeness (QED) is 0.794. The van der Waals surface area contributed by atoms with Crippen LogP contribution < -0.4 is 10.5 Å². The number of primary sulfonamides is 1. The Morgan fingerprint density at radius 1 is 1.36 bits per heavy atom. The van der Waals surface area contributed by atoms with Gasteiger partial charge in [-0.05, 0) is 38.6 Å². The maximum Gasteiger partial charge on any atom is 0.239 e. The maximum absolute atomic E-state index is 12.2. The number of likely N-dealkylation sites (N-methyl/N-ethyl adjacent to an activating group) is 1. The highest BCUT2D eigenvalue weighted by atomic mass is 32.2. The van der Waals surface area contributed by atoms with Crippen LogP contribution in [-0.2, 0) is 21.9 Å². The highest BCUT2D eigenvalue weighted by Crippen LogP contribution is 2.20. The van der Waals surface area contributed by atoms with E-state index in [-0.39, 0.29) is 23.4 Å². The largest absolute Gasteiger partial charge is 0.310 e. The highest BCUT2D eigenvalue weighted by molar-refractivity contribution is 7.89. The van der Waals surface area contributed by atoms with Crippen LogP contribution in [-0.4, -0.2) is 42.6 Å². The number of carbonyl (C=O) groups excluding carboxylic acids is 1. The number of amides is 1. The van der Waals surface area contributed by atoms with Crippen LogP contribution >= 0.6 is 0 Å². The third-order valence-electron chi connectivity index (χ3n) is 4.01. The predicted octanol–water partition coefficient (Wildman–Crippen LogP) is 1.01. The van der Waals surface area contributed by atoms with Gasteiger partial charge in [0.1, 0.15) is 5.82 Å². The van der Waals surface area contributed by atoms with Crippen LogP contribution in [0.25, 0.3) is 0 Å². The number of sulfonamides is 1. The van der Waals surface area contributed by atoms with Crippen molar-refractivity contribution < 1.29 is 13.2 Å². The monoisotopic (exact) mass is 365 g/mol. The number of hydrogen-bond acceptors (Lipinski definition) is 5. The maximum atomic E-state index is 12.2. The van der Waals surface area contributed by atoms with E-state index in [1.54, 1.807) is 29.9 Å². The Kier molecular flexibility index (Phi) is 5.61. The molecule has 25 heavy (non-hydrogen) atoms. The first-order valence-corrected chi connectivity index (χ1v) is 9.26. The first-order chi connectivity index (χ1) is 11.6. The molecule has 1 unspecified atom stereocenters. The summed E-state index contributed by atoms with van der Waals surface area (Å²) in [6, 6.07) is 8.05. The Bertz CT molecular complexity index is 858. The molecular weight excluding hydrogens is 342 g/mol. The molecule has 0 saturated carbocycles. The molecule has 0 saturated heterocycles. The number of benzene rings is 1. The van der Waals surface area contributed by atoms with E-state index in [9.17, 15) is 13.2 Å². The molecule has 2 aromatic rings. The van der Waals surface area contributed by atoms with Gasteiger partial charge in [-0.3, -0.25) is 14.4 Å². The fourth-order valence-electron chi connectivity index (χ4n) is 2.46. The zero-order valence-electron chi connectivity index (χ0n) is 14.7. The Morgan fingerprint density at radius 2 is 1.96 bits per heavy atom. The normalized spacial score (nSPS) is 13.0. The number of anilines is 1. The molecule has 0 fully saturated rings. The summed E-state index contributed by atoms with van der Waals surface area (Å²) < 4.78 is 24.2. The van der Waals surface area contributed by atoms with Crippen molar-refractivity contribution in [1.82, 2.24) is 14.7 Å². The van der Waals surface area contributed by atoms with Crippen LogP contribution in [0.15, 0.2) is 35.2 Å². The molecule has 1 atom stereocenters. The third kappa shape index (κ3) is 4.88. The third-order valence-corrected chi connectivity index (χ3v) is 4.94. The molecule has 1 heterocycles. The average Bonchev–Trinajstić information content (AvgIpc) is 2.83. The van der Waals surface area contributed by atoms with E-state index in [4.69, 9.17) is 5.14 Å². The number of aryl methyl sites for hydroxylation is 2. The van der Waals surface area contributed by atoms with Crippen molar-refractivity contribution in [2.45, 2.75) is 24.8 Å². The molecule has 0 aliphatic rings. The average molecular weight is 365 g/mol. The van der Waals surface area contributed by atoms with E-state index < -0.39 is 10.0 Å². The summed E-state index contributed by atoms with van der Waals surface area (Å²) in [4.78, 5) is 14.1. The lowest BCUT2D eigenvalue weighted by molar-refractivity contribution is -0.117. The van der Waals surface area contributed by atoms with E-state index in [1.165, 1.54) is 12.1 Å². The van der Waals surface area contributed by atoms with Crippen molar-refractivity contribution in [3.05, 3.63) is 41.6 Å². The Morgan fingerprint density at radius 3 is 2.44 bits per heavy atom. The SMILES string of the molecule is Cc1cc(NC(=O)CN(C)C(C)c2ccc(S(N)(=O)=O)cc2)n(C)n1. The summed E-state index contributed by atoms with van der Waals surface area (Å²) in [5.74, 6) is 0.486. The molecule has 1 amide bonds. The van der Waals surface area contributed by atoms with Gasteiger partial charge in [0.15, 0.2) is 0 Å². The molecule has 3 N–H and O–H groups in total. The van der Waals surface area contributed by atoms with Gasteiger partial charge in [-0.25, -0.2) is 13.6 Å². The second-order valence-corrected chi connectivity index (χ2v) is 7.61. The second-order valence-electron chi connectivity index (χ2n) is 6.05. The Balaban J connectivity index is 2.00. The van der Waals surface area contributed by atoms with Crippen LogP contribution in [0.4, 0.5) is 5.82 Å². The summed E-state index contributed by atoms with van der Waals surface area (Å²) in [5.41, 5.74) is 1.72. The zero-order chi connectivity index (χ0) is 18.8. The van der Waals surface area contributed by atoms with Crippen LogP contribution in [0.3, 0.4) is 0 Å². The molecule has 1 aromatic carbocycles. The fourth-order valence-corrected chi connectivity index (χ4v) is 2.98. The van der Waals surface area contributed by atoms with Gasteiger partial charge in [-0.1, -0.05) is 12.1 Å². The van der Waals surface area contributed by atoms with Crippen molar-refractivity contribution in [2.75, 3.05) is 18.9 Å². The summed E-state index contributed by atoms with van der Waals surface area (Å²) in [5, 5.41) is 12.1. The van der Waals surface area contributed by atoms with Crippen molar-refractivity contribution in [3.8, 4) is 0 Å². The Labute approximate surface area is 147 Å². The first kappa shape index (κ1) is 19.1. The number of nitrogens with two attached hydrogens (primary N) is 1. The standard InChI is InChI=1S/C16H23N5O3S/c1-11-9-15(21(4)19-11)18-16(22)10-20(3)12(2)13-5-7-14(8-6-13)25(17,23)24/h5-9,12H,10H2,1-4H3,(H,18,22)(H2,17,23,24). The fraction of sp³-hybridized carbons (Fsp3) is 0.375. The number of aromatic nitrogens is 2. The molecule has 0 bridgehead atoms. The van der Waals surface area contributed by atoms with Crippen molar-refractivity contribution >= 4 is 21.7 Å². The summed E-state index contributed by atoms with van der Waals surface area (Å²) in [7, 11) is -0.116. The number of nitrogens with one attached hydrogen (secondary N) is 1. The predicted molar refractivity (Wildman–Crippen MR) is 95.4 cm³/mol. The van der Waals surface area contributed by atoms with Crippen LogP contribution in [0.2, 0.25) is 0 Å². The Hall–Kier alpha value is -2.23. The van der Waals surface area contributed by atoms with Crippen LogP contribution in [0.1, 0.15) is 24.2 Å². The molecule has 0 aliphatic heterocycles. The number of rotatable bonds is 6. The minimum absolute atomic E-state index is 0.0652. The smallest absolute Gasteiger partial charge is 0.239 e. The van der Waals surface area contributed by atoms with Crippen molar-refractivity contribution in [1.29, 1.82) is 0 Å². The van der Waals surface area contributed by atoms with E-state index in [0.717, 1.165) is 11.3 Å². The molecule has 8 nitrogen and oxygen atoms in total. The van der Waals surface area contributed by atoms with E-state index in [2.05, 4.69) is 10.4 Å². The first-order valence-electron chi connectivity index (χ1n) is 7.71. The van der Waals surface area contributed by atoms with Gasteiger partial charge < -0.3 is 5.32 Å². The molecule has 9 heteroatoms. The van der Waals surface area contributed by atoms with Crippen molar-refractivity contribution in [2.24, 2.45) is 12.2 Å². The molecular formula is C16H23N5O3S. The molecule has 0 aliphatic carbocycles. The minimum Gasteiger partial charge on any atom is -0.310 e. The van der Waals surface area contributed by atoms with E-state index in [0.29, 0.717) is 5.82 Å². The second kappa shape index (κ2) is 7.34. The van der Waals surface area contributed by atoms with Gasteiger partial charge in [0.25, 0.3) is 0 Å². The van der Waals surface area contributed by atoms with Gasteiger partial charge in [-0.15, -0.1) is 0 Å². The number of carbonyl (C=O) groups is 1. The van der Waals surface area contributed by atoms with E-state index in [1.807, 2.05) is 25.8 Å². The van der Waals surface area contributed by atoms with Crippen molar-refractivity contribution in [3.63, 3.8) is 0 Å². The lowest BCUT2D eigenvalue weighted by Crippen LogP contribution is -2.32. The number of hydrogen-bond donors (Lipinski definition) is 2. The lowest BCUT2D eigenvalue weighted by Gasteiger charge is -2.24. The van der Waals surface area contributed by atoms with Gasteiger partial charge in [-0.2, -0.15) is 5.10 Å². The van der Waals surface area contributed by atoms with E-state index >= 15 is 0 Å². The van der Waals surface area contributed by atoms with Gasteiger partial charge in [0, 0.05) is 19.2 Å². The topological polar surface area (TPSA) is 110 Å². The molecule has 136 valence electrons. The van der Waals surface area contributed by atoms with Crippen LogP contribution in [0.5, 0.6) is 0 Å². The molecule has 0 radical (unpaired) electrons. The molecule has 1 aromatic heterocycles. The highest BCUT2D eigenvalue weighted by Gasteiger charge is 2.17. The van der Waals surface area contributed by atoms with Crippen LogP contribution in [0, 0.1) is 6.92 Å².